The number of nitrogens with zero attached hydrogens (tertiary/aromatic N) is 2. The molecule has 0 radical (unpaired) electrons. The number of nitrogen functional groups attached to an aromatic ring is 1. The van der Waals surface area contributed by atoms with Crippen molar-refractivity contribution in [2.75, 3.05) is 30.7 Å². The summed E-state index contributed by atoms with van der Waals surface area (Å²) in [6.07, 6.45) is 0. The van der Waals surface area contributed by atoms with Gasteiger partial charge in [-0.15, -0.1) is 0 Å². The Morgan fingerprint density at radius 3 is 2.38 bits per heavy atom. The minimum absolute atomic E-state index is 0.0645. The Labute approximate surface area is 185 Å². The molecule has 1 amide bonds. The second kappa shape index (κ2) is 10.2. The number of aryl methyl sites for hydroxylation is 1. The monoisotopic (exact) mass is 464 g/mol. The highest BCUT2D eigenvalue weighted by Gasteiger charge is 2.24. The molecule has 0 aliphatic heterocycles. The standard InChI is InChI=1S/C20H24N4O7S/c1-4-23(5-2)32(29,30)18-10-14(7-6-13(18)3)22-19(25)12-31-20(26)16-9-8-15(24(27)28)11-17(16)21/h6-11H,4-5,12,21H2,1-3H3,(H,22,25). The second-order valence-corrected chi connectivity index (χ2v) is 8.63. The number of non-ortho nitro benzene ring substituents is 1. The molecule has 0 saturated carbocycles. The van der Waals surface area contributed by atoms with Crippen LogP contribution in [0.3, 0.4) is 0 Å². The molecule has 0 fully saturated rings. The lowest BCUT2D eigenvalue weighted by atomic mass is 10.1. The van der Waals surface area contributed by atoms with Crippen molar-refractivity contribution in [1.82, 2.24) is 4.31 Å². The Balaban J connectivity index is 2.09. The minimum atomic E-state index is -3.73. The highest BCUT2D eigenvalue weighted by Crippen LogP contribution is 2.24. The van der Waals surface area contributed by atoms with Gasteiger partial charge in [0, 0.05) is 30.9 Å². The molecule has 11 nitrogen and oxygen atoms in total. The lowest BCUT2D eigenvalue weighted by Crippen LogP contribution is -2.31. The number of esters is 1. The third-order valence-corrected chi connectivity index (χ3v) is 6.79. The van der Waals surface area contributed by atoms with Gasteiger partial charge >= 0.3 is 5.97 Å². The maximum Gasteiger partial charge on any atom is 0.340 e. The number of nitro groups is 1. The molecule has 0 aliphatic rings. The first-order chi connectivity index (χ1) is 15.0. The van der Waals surface area contributed by atoms with E-state index in [1.54, 1.807) is 26.8 Å². The maximum absolute atomic E-state index is 12.8. The molecule has 2 aromatic carbocycles. The lowest BCUT2D eigenvalue weighted by Gasteiger charge is -2.20. The van der Waals surface area contributed by atoms with Crippen LogP contribution in [0.15, 0.2) is 41.3 Å². The molecular weight excluding hydrogens is 440 g/mol. The van der Waals surface area contributed by atoms with Gasteiger partial charge in [0.1, 0.15) is 0 Å². The number of nitrogens with one attached hydrogen (secondary N) is 1. The molecule has 0 unspecified atom stereocenters. The SMILES string of the molecule is CCN(CC)S(=O)(=O)c1cc(NC(=O)COC(=O)c2ccc([N+](=O)[O-])cc2N)ccc1C. The molecular formula is C20H24N4O7S. The lowest BCUT2D eigenvalue weighted by molar-refractivity contribution is -0.384. The summed E-state index contributed by atoms with van der Waals surface area (Å²) >= 11 is 0. The summed E-state index contributed by atoms with van der Waals surface area (Å²) in [4.78, 5) is 34.5. The number of nitro benzene ring substituents is 1. The fourth-order valence-corrected chi connectivity index (χ4v) is 4.62. The Morgan fingerprint density at radius 2 is 1.81 bits per heavy atom. The molecule has 172 valence electrons. The Kier molecular flexibility index (Phi) is 7.89. The number of ether oxygens (including phenoxy) is 1. The Morgan fingerprint density at radius 1 is 1.16 bits per heavy atom. The summed E-state index contributed by atoms with van der Waals surface area (Å²) in [6, 6.07) is 7.69. The van der Waals surface area contributed by atoms with E-state index in [1.165, 1.54) is 16.4 Å². The number of sulfonamides is 1. The van der Waals surface area contributed by atoms with Crippen molar-refractivity contribution >= 4 is 39.0 Å². The maximum atomic E-state index is 12.8. The third kappa shape index (κ3) is 5.59. The topological polar surface area (TPSA) is 162 Å². The quantitative estimate of drug-likeness (QED) is 0.247. The molecule has 0 aromatic heterocycles. The van der Waals surface area contributed by atoms with E-state index in [4.69, 9.17) is 10.5 Å². The highest BCUT2D eigenvalue weighted by molar-refractivity contribution is 7.89. The van der Waals surface area contributed by atoms with Gasteiger partial charge in [0.05, 0.1) is 21.1 Å². The van der Waals surface area contributed by atoms with E-state index in [-0.39, 0.29) is 27.5 Å². The average Bonchev–Trinajstić information content (AvgIpc) is 2.73. The van der Waals surface area contributed by atoms with Crippen LogP contribution in [0.4, 0.5) is 17.1 Å². The summed E-state index contributed by atoms with van der Waals surface area (Å²) in [5.41, 5.74) is 5.82. The van der Waals surface area contributed by atoms with E-state index in [2.05, 4.69) is 5.32 Å². The van der Waals surface area contributed by atoms with Gasteiger partial charge in [0.25, 0.3) is 11.6 Å². The minimum Gasteiger partial charge on any atom is -0.452 e. The van der Waals surface area contributed by atoms with Gasteiger partial charge in [-0.25, -0.2) is 13.2 Å². The van der Waals surface area contributed by atoms with Crippen molar-refractivity contribution < 1.29 is 27.7 Å². The van der Waals surface area contributed by atoms with Gasteiger partial charge < -0.3 is 15.8 Å². The third-order valence-electron chi connectivity index (χ3n) is 4.60. The number of carbonyl (C=O) groups excluding carboxylic acids is 2. The van der Waals surface area contributed by atoms with E-state index in [9.17, 15) is 28.1 Å². The zero-order chi connectivity index (χ0) is 24.1. The average molecular weight is 465 g/mol. The number of amides is 1. The normalized spacial score (nSPS) is 11.2. The molecule has 12 heteroatoms. The van der Waals surface area contributed by atoms with Gasteiger partial charge in [-0.3, -0.25) is 14.9 Å². The number of carbonyl (C=O) groups is 2. The molecule has 0 saturated heterocycles. The van der Waals surface area contributed by atoms with Gasteiger partial charge in [-0.1, -0.05) is 19.9 Å². The van der Waals surface area contributed by atoms with Crippen molar-refractivity contribution in [3.63, 3.8) is 0 Å². The van der Waals surface area contributed by atoms with Crippen molar-refractivity contribution in [1.29, 1.82) is 0 Å². The van der Waals surface area contributed by atoms with E-state index >= 15 is 0 Å². The smallest absolute Gasteiger partial charge is 0.340 e. The zero-order valence-corrected chi connectivity index (χ0v) is 18.6. The summed E-state index contributed by atoms with van der Waals surface area (Å²) < 4.78 is 31.8. The fourth-order valence-electron chi connectivity index (χ4n) is 2.91. The van der Waals surface area contributed by atoms with Crippen LogP contribution in [-0.4, -0.2) is 49.2 Å². The molecule has 3 N–H and O–H groups in total. The van der Waals surface area contributed by atoms with Crippen molar-refractivity contribution in [2.24, 2.45) is 0 Å². The first kappa shape index (κ1) is 24.8. The fraction of sp³-hybridized carbons (Fsp3) is 0.300. The van der Waals surface area contributed by atoms with Crippen LogP contribution in [0.25, 0.3) is 0 Å². The summed E-state index contributed by atoms with van der Waals surface area (Å²) in [7, 11) is -3.73. The van der Waals surface area contributed by atoms with Crippen LogP contribution >= 0.6 is 0 Å². The number of anilines is 2. The molecule has 32 heavy (non-hydrogen) atoms. The molecule has 0 spiro atoms. The molecule has 2 aromatic rings. The van der Waals surface area contributed by atoms with Crippen LogP contribution in [-0.2, 0) is 19.6 Å². The van der Waals surface area contributed by atoms with Crippen LogP contribution < -0.4 is 11.1 Å². The predicted octanol–water partition coefficient (Wildman–Crippen LogP) is 2.31. The van der Waals surface area contributed by atoms with Gasteiger partial charge in [-0.2, -0.15) is 4.31 Å². The Bertz CT molecular complexity index is 1140. The number of hydrogen-bond donors (Lipinski definition) is 2. The molecule has 2 rings (SSSR count). The van der Waals surface area contributed by atoms with E-state index in [1.807, 2.05) is 0 Å². The first-order valence-corrected chi connectivity index (χ1v) is 11.1. The summed E-state index contributed by atoms with van der Waals surface area (Å²) in [6.45, 7) is 5.05. The molecule has 0 heterocycles. The predicted molar refractivity (Wildman–Crippen MR) is 118 cm³/mol. The Hall–Kier alpha value is -3.51. The number of benzene rings is 2. The van der Waals surface area contributed by atoms with Crippen LogP contribution in [0, 0.1) is 17.0 Å². The van der Waals surface area contributed by atoms with Gasteiger partial charge in [-0.05, 0) is 30.7 Å². The largest absolute Gasteiger partial charge is 0.452 e. The van der Waals surface area contributed by atoms with Crippen molar-refractivity contribution in [3.8, 4) is 0 Å². The van der Waals surface area contributed by atoms with E-state index < -0.39 is 33.4 Å². The number of rotatable bonds is 9. The summed E-state index contributed by atoms with van der Waals surface area (Å²) in [5.74, 6) is -1.63. The van der Waals surface area contributed by atoms with Crippen molar-refractivity contribution in [2.45, 2.75) is 25.7 Å². The highest BCUT2D eigenvalue weighted by atomic mass is 32.2. The van der Waals surface area contributed by atoms with Crippen molar-refractivity contribution in [3.05, 3.63) is 57.6 Å². The first-order valence-electron chi connectivity index (χ1n) is 9.62. The number of nitrogens with two attached hydrogens (primary N) is 1. The molecule has 0 aliphatic carbocycles. The van der Waals surface area contributed by atoms with Crippen LogP contribution in [0.2, 0.25) is 0 Å². The van der Waals surface area contributed by atoms with E-state index in [0.29, 0.717) is 18.7 Å². The zero-order valence-electron chi connectivity index (χ0n) is 17.8. The van der Waals surface area contributed by atoms with E-state index in [0.717, 1.165) is 18.2 Å². The molecule has 0 bridgehead atoms. The van der Waals surface area contributed by atoms with Gasteiger partial charge in [0.15, 0.2) is 6.61 Å². The van der Waals surface area contributed by atoms with Gasteiger partial charge in [0.2, 0.25) is 10.0 Å². The van der Waals surface area contributed by atoms with Crippen LogP contribution in [0.5, 0.6) is 0 Å². The number of hydrogen-bond acceptors (Lipinski definition) is 8. The second-order valence-electron chi connectivity index (χ2n) is 6.72. The summed E-state index contributed by atoms with van der Waals surface area (Å²) in [5, 5.41) is 13.2. The van der Waals surface area contributed by atoms with Crippen LogP contribution in [0.1, 0.15) is 29.8 Å². The molecule has 0 atom stereocenters.